The Balaban J connectivity index is 3.17. The van der Waals surface area contributed by atoms with Gasteiger partial charge in [0.25, 0.3) is 0 Å². The van der Waals surface area contributed by atoms with Crippen molar-refractivity contribution < 1.29 is 9.53 Å². The maximum Gasteiger partial charge on any atom is 0.322 e. The lowest BCUT2D eigenvalue weighted by Crippen LogP contribution is -2.33. The van der Waals surface area contributed by atoms with Crippen LogP contribution in [0.4, 0.5) is 0 Å². The number of carbonyl (C=O) groups is 1. The highest BCUT2D eigenvalue weighted by Gasteiger charge is 2.13. The van der Waals surface area contributed by atoms with E-state index in [1.807, 2.05) is 6.26 Å². The van der Waals surface area contributed by atoms with Crippen LogP contribution < -0.4 is 5.73 Å². The second kappa shape index (κ2) is 20.1. The van der Waals surface area contributed by atoms with Gasteiger partial charge in [-0.05, 0) is 24.9 Å². The number of carbonyl (C=O) groups excluding carboxylic acids is 1. The van der Waals surface area contributed by atoms with E-state index in [9.17, 15) is 4.79 Å². The topological polar surface area (TPSA) is 52.3 Å². The molecular weight excluding hydrogens is 330 g/mol. The van der Waals surface area contributed by atoms with Gasteiger partial charge in [-0.25, -0.2) is 0 Å². The third-order valence-electron chi connectivity index (χ3n) is 4.68. The molecule has 2 N–H and O–H groups in total. The molecule has 0 aromatic carbocycles. The van der Waals surface area contributed by atoms with Crippen LogP contribution in [0.15, 0.2) is 0 Å². The van der Waals surface area contributed by atoms with Crippen molar-refractivity contribution >= 4 is 17.7 Å². The quantitative estimate of drug-likeness (QED) is 0.220. The molecule has 0 saturated carbocycles. The first-order valence-electron chi connectivity index (χ1n) is 10.6. The number of hydrogen-bond donors (Lipinski definition) is 1. The predicted octanol–water partition coefficient (Wildman–Crippen LogP) is 6.09. The molecule has 150 valence electrons. The molecule has 0 aliphatic rings. The molecular formula is C21H43NO2S. The molecule has 0 aromatic rings. The van der Waals surface area contributed by atoms with Gasteiger partial charge in [-0.3, -0.25) is 4.79 Å². The van der Waals surface area contributed by atoms with Gasteiger partial charge in [0.1, 0.15) is 6.04 Å². The van der Waals surface area contributed by atoms with E-state index >= 15 is 0 Å². The zero-order valence-corrected chi connectivity index (χ0v) is 17.7. The molecule has 1 atom stereocenters. The average Bonchev–Trinajstić information content (AvgIpc) is 2.62. The van der Waals surface area contributed by atoms with Crippen LogP contribution in [0, 0.1) is 0 Å². The lowest BCUT2D eigenvalue weighted by Gasteiger charge is -2.10. The molecule has 0 aliphatic carbocycles. The Labute approximate surface area is 161 Å². The smallest absolute Gasteiger partial charge is 0.322 e. The first-order chi connectivity index (χ1) is 12.2. The molecule has 1 unspecified atom stereocenters. The second-order valence-corrected chi connectivity index (χ2v) is 8.14. The van der Waals surface area contributed by atoms with Crippen LogP contribution in [-0.4, -0.2) is 30.6 Å². The zero-order chi connectivity index (χ0) is 18.6. The van der Waals surface area contributed by atoms with E-state index in [1.54, 1.807) is 11.8 Å². The molecule has 0 fully saturated rings. The number of ether oxygens (including phenoxy) is 1. The summed E-state index contributed by atoms with van der Waals surface area (Å²) >= 11 is 1.71. The largest absolute Gasteiger partial charge is 0.465 e. The molecule has 0 aromatic heterocycles. The van der Waals surface area contributed by atoms with E-state index in [-0.39, 0.29) is 5.97 Å². The fourth-order valence-corrected chi connectivity index (χ4v) is 3.43. The summed E-state index contributed by atoms with van der Waals surface area (Å²) in [7, 11) is 0. The van der Waals surface area contributed by atoms with Gasteiger partial charge in [0, 0.05) is 0 Å². The first kappa shape index (κ1) is 24.8. The highest BCUT2D eigenvalue weighted by molar-refractivity contribution is 7.98. The molecule has 0 saturated heterocycles. The van der Waals surface area contributed by atoms with Gasteiger partial charge in [0.2, 0.25) is 0 Å². The van der Waals surface area contributed by atoms with Crippen LogP contribution in [0.25, 0.3) is 0 Å². The highest BCUT2D eigenvalue weighted by Crippen LogP contribution is 2.13. The Bertz CT molecular complexity index is 287. The maximum atomic E-state index is 11.6. The van der Waals surface area contributed by atoms with Crippen molar-refractivity contribution in [3.05, 3.63) is 0 Å². The summed E-state index contributed by atoms with van der Waals surface area (Å²) in [6.07, 6.45) is 21.4. The third-order valence-corrected chi connectivity index (χ3v) is 5.32. The van der Waals surface area contributed by atoms with Crippen LogP contribution in [0.5, 0.6) is 0 Å². The van der Waals surface area contributed by atoms with Crippen molar-refractivity contribution in [2.45, 2.75) is 109 Å². The molecule has 4 heteroatoms. The summed E-state index contributed by atoms with van der Waals surface area (Å²) in [5.41, 5.74) is 5.78. The first-order valence-corrected chi connectivity index (χ1v) is 12.0. The van der Waals surface area contributed by atoms with Crippen LogP contribution in [0.3, 0.4) is 0 Å². The van der Waals surface area contributed by atoms with Crippen LogP contribution in [0.2, 0.25) is 0 Å². The second-order valence-electron chi connectivity index (χ2n) is 7.15. The fraction of sp³-hybridized carbons (Fsp3) is 0.952. The van der Waals surface area contributed by atoms with Crippen molar-refractivity contribution in [2.24, 2.45) is 5.73 Å². The lowest BCUT2D eigenvalue weighted by atomic mass is 10.0. The number of thioether (sulfide) groups is 1. The summed E-state index contributed by atoms with van der Waals surface area (Å²) in [4.78, 5) is 11.6. The number of unbranched alkanes of at least 4 members (excludes halogenated alkanes) is 13. The van der Waals surface area contributed by atoms with Crippen molar-refractivity contribution in [3.63, 3.8) is 0 Å². The molecule has 0 bridgehead atoms. The van der Waals surface area contributed by atoms with Crippen molar-refractivity contribution in [1.29, 1.82) is 0 Å². The summed E-state index contributed by atoms with van der Waals surface area (Å²) < 4.78 is 5.23. The lowest BCUT2D eigenvalue weighted by molar-refractivity contribution is -0.145. The number of hydrogen-bond acceptors (Lipinski definition) is 4. The van der Waals surface area contributed by atoms with Gasteiger partial charge >= 0.3 is 5.97 Å². The van der Waals surface area contributed by atoms with E-state index in [2.05, 4.69) is 6.92 Å². The Kier molecular flexibility index (Phi) is 19.9. The highest BCUT2D eigenvalue weighted by atomic mass is 32.2. The van der Waals surface area contributed by atoms with Crippen LogP contribution in [0.1, 0.15) is 103 Å². The summed E-state index contributed by atoms with van der Waals surface area (Å²) in [6.45, 7) is 2.81. The molecule has 25 heavy (non-hydrogen) atoms. The normalized spacial score (nSPS) is 12.3. The minimum atomic E-state index is -0.445. The summed E-state index contributed by atoms with van der Waals surface area (Å²) in [5, 5.41) is 0. The molecule has 0 spiro atoms. The Morgan fingerprint density at radius 2 is 1.28 bits per heavy atom. The van der Waals surface area contributed by atoms with Gasteiger partial charge in [0.15, 0.2) is 0 Å². The maximum absolute atomic E-state index is 11.6. The van der Waals surface area contributed by atoms with Crippen molar-refractivity contribution in [2.75, 3.05) is 18.6 Å². The van der Waals surface area contributed by atoms with Crippen molar-refractivity contribution in [3.8, 4) is 0 Å². The van der Waals surface area contributed by atoms with E-state index in [1.165, 1.54) is 77.0 Å². The van der Waals surface area contributed by atoms with Gasteiger partial charge < -0.3 is 10.5 Å². The Morgan fingerprint density at radius 3 is 1.72 bits per heavy atom. The molecule has 0 heterocycles. The SMILES string of the molecule is CCCCCCCCCCCCCCCCOC(=O)C(N)CCSC. The molecule has 0 rings (SSSR count). The number of esters is 1. The standard InChI is InChI=1S/C21H43NO2S/c1-3-4-5-6-7-8-9-10-11-12-13-14-15-16-18-24-21(23)20(22)17-19-25-2/h20H,3-19,22H2,1-2H3. The Morgan fingerprint density at radius 1 is 0.840 bits per heavy atom. The molecule has 3 nitrogen and oxygen atoms in total. The van der Waals surface area contributed by atoms with Crippen LogP contribution in [-0.2, 0) is 9.53 Å². The van der Waals surface area contributed by atoms with Gasteiger partial charge in [-0.2, -0.15) is 11.8 Å². The molecule has 0 amide bonds. The predicted molar refractivity (Wildman–Crippen MR) is 112 cm³/mol. The monoisotopic (exact) mass is 373 g/mol. The fourth-order valence-electron chi connectivity index (χ4n) is 2.94. The minimum Gasteiger partial charge on any atom is -0.465 e. The van der Waals surface area contributed by atoms with Gasteiger partial charge in [0.05, 0.1) is 6.61 Å². The van der Waals surface area contributed by atoms with Gasteiger partial charge in [-0.15, -0.1) is 0 Å². The van der Waals surface area contributed by atoms with E-state index in [0.29, 0.717) is 13.0 Å². The van der Waals surface area contributed by atoms with E-state index in [0.717, 1.165) is 18.6 Å². The Hall–Kier alpha value is -0.220. The molecule has 0 aliphatic heterocycles. The number of nitrogens with two attached hydrogens (primary N) is 1. The summed E-state index contributed by atoms with van der Waals surface area (Å²) in [5.74, 6) is 0.679. The van der Waals surface area contributed by atoms with E-state index < -0.39 is 6.04 Å². The zero-order valence-electron chi connectivity index (χ0n) is 16.9. The van der Waals surface area contributed by atoms with Gasteiger partial charge in [-0.1, -0.05) is 90.4 Å². The van der Waals surface area contributed by atoms with Crippen LogP contribution >= 0.6 is 11.8 Å². The van der Waals surface area contributed by atoms with Crippen molar-refractivity contribution in [1.82, 2.24) is 0 Å². The third kappa shape index (κ3) is 18.4. The minimum absolute atomic E-state index is 0.233. The number of rotatable bonds is 19. The average molecular weight is 374 g/mol. The summed E-state index contributed by atoms with van der Waals surface area (Å²) in [6, 6.07) is -0.445. The van der Waals surface area contributed by atoms with E-state index in [4.69, 9.17) is 10.5 Å². The molecule has 0 radical (unpaired) electrons.